The second-order valence-electron chi connectivity index (χ2n) is 9.39. The highest BCUT2D eigenvalue weighted by atomic mass is 16.3. The molecule has 2 aliphatic rings. The van der Waals surface area contributed by atoms with E-state index in [2.05, 4.69) is 18.8 Å². The number of anilines is 1. The molecule has 1 unspecified atom stereocenters. The van der Waals surface area contributed by atoms with Gasteiger partial charge in [0.15, 0.2) is 0 Å². The van der Waals surface area contributed by atoms with Crippen LogP contribution in [0.1, 0.15) is 66.5 Å². The van der Waals surface area contributed by atoms with Gasteiger partial charge in [-0.05, 0) is 84.2 Å². The average Bonchev–Trinajstić information content (AvgIpc) is 3.14. The fourth-order valence-corrected chi connectivity index (χ4v) is 5.02. The first-order chi connectivity index (χ1) is 16.5. The minimum atomic E-state index is -0.732. The number of nitrogens with zero attached hydrogens (tertiary/aromatic N) is 2. The van der Waals surface area contributed by atoms with Crippen molar-refractivity contribution >= 4 is 23.1 Å². The van der Waals surface area contributed by atoms with Crippen molar-refractivity contribution in [1.82, 2.24) is 4.98 Å². The van der Waals surface area contributed by atoms with E-state index in [4.69, 9.17) is 0 Å². The zero-order chi connectivity index (χ0) is 23.8. The summed E-state index contributed by atoms with van der Waals surface area (Å²) < 4.78 is 0. The van der Waals surface area contributed by atoms with Gasteiger partial charge in [-0.3, -0.25) is 19.5 Å². The van der Waals surface area contributed by atoms with Gasteiger partial charge in [0.05, 0.1) is 11.6 Å². The summed E-state index contributed by atoms with van der Waals surface area (Å²) in [5.41, 5.74) is 5.68. The maximum Gasteiger partial charge on any atom is 0.300 e. The molecule has 0 bridgehead atoms. The molecule has 1 atom stereocenters. The molecule has 0 saturated carbocycles. The Hall–Kier alpha value is -3.73. The van der Waals surface area contributed by atoms with E-state index in [1.807, 2.05) is 42.5 Å². The van der Waals surface area contributed by atoms with Crippen LogP contribution in [0.15, 0.2) is 72.6 Å². The van der Waals surface area contributed by atoms with E-state index in [0.717, 1.165) is 30.4 Å². The molecule has 2 heterocycles. The van der Waals surface area contributed by atoms with Gasteiger partial charge in [-0.25, -0.2) is 0 Å². The fraction of sp³-hybridized carbons (Fsp3) is 0.276. The van der Waals surface area contributed by atoms with Crippen LogP contribution >= 0.6 is 0 Å². The van der Waals surface area contributed by atoms with Crippen molar-refractivity contribution < 1.29 is 14.7 Å². The Bertz CT molecular complexity index is 1280. The molecule has 172 valence electrons. The molecule has 1 aliphatic carbocycles. The maximum absolute atomic E-state index is 13.3. The van der Waals surface area contributed by atoms with Crippen molar-refractivity contribution in [3.8, 4) is 0 Å². The lowest BCUT2D eigenvalue weighted by atomic mass is 9.89. The van der Waals surface area contributed by atoms with Gasteiger partial charge >= 0.3 is 0 Å². The SMILES string of the molecule is CC(C)c1ccc(N2C(=O)C(=O)/C(=C(\O)c3ccc4c(c3)CCCC4)C2c2ccncc2)cc1. The van der Waals surface area contributed by atoms with Gasteiger partial charge in [0.1, 0.15) is 5.76 Å². The van der Waals surface area contributed by atoms with Gasteiger partial charge in [-0.2, -0.15) is 0 Å². The van der Waals surface area contributed by atoms with Crippen LogP contribution in [0.25, 0.3) is 5.76 Å². The number of pyridine rings is 1. The molecule has 3 aromatic rings. The number of Topliss-reactive ketones (excluding diaryl/α,β-unsaturated/α-hetero) is 1. The Balaban J connectivity index is 1.65. The number of carbonyl (C=O) groups is 2. The van der Waals surface area contributed by atoms with E-state index < -0.39 is 17.7 Å². The molecule has 0 radical (unpaired) electrons. The molecule has 5 nitrogen and oxygen atoms in total. The van der Waals surface area contributed by atoms with Crippen LogP contribution in [0.5, 0.6) is 0 Å². The first-order valence-corrected chi connectivity index (χ1v) is 11.9. The largest absolute Gasteiger partial charge is 0.507 e. The monoisotopic (exact) mass is 452 g/mol. The summed E-state index contributed by atoms with van der Waals surface area (Å²) in [5.74, 6) is -1.09. The summed E-state index contributed by atoms with van der Waals surface area (Å²) in [4.78, 5) is 32.2. The van der Waals surface area contributed by atoms with Crippen LogP contribution in [-0.4, -0.2) is 21.8 Å². The number of aliphatic hydroxyl groups is 1. The van der Waals surface area contributed by atoms with Crippen LogP contribution in [0.4, 0.5) is 5.69 Å². The third-order valence-corrected chi connectivity index (χ3v) is 6.93. The number of ketones is 1. The summed E-state index contributed by atoms with van der Waals surface area (Å²) in [6.07, 6.45) is 7.55. The molecule has 1 fully saturated rings. The Morgan fingerprint density at radius 2 is 1.62 bits per heavy atom. The average molecular weight is 453 g/mol. The predicted molar refractivity (Wildman–Crippen MR) is 133 cm³/mol. The standard InChI is InChI=1S/C29H28N2O3/c1-18(2)19-9-11-24(12-10-19)31-26(21-13-15-30-16-14-21)25(28(33)29(31)34)27(32)23-8-7-20-5-3-4-6-22(20)17-23/h7-18,26,32H,3-6H2,1-2H3/b27-25-. The first-order valence-electron chi connectivity index (χ1n) is 11.9. The normalized spacial score (nSPS) is 19.5. The van der Waals surface area contributed by atoms with Crippen molar-refractivity contribution in [1.29, 1.82) is 0 Å². The van der Waals surface area contributed by atoms with E-state index >= 15 is 0 Å². The highest BCUT2D eigenvalue weighted by Crippen LogP contribution is 2.42. The minimum absolute atomic E-state index is 0.111. The summed E-state index contributed by atoms with van der Waals surface area (Å²) in [6, 6.07) is 16.4. The van der Waals surface area contributed by atoms with Gasteiger partial charge in [0, 0.05) is 23.6 Å². The van der Waals surface area contributed by atoms with Gasteiger partial charge in [-0.15, -0.1) is 0 Å². The number of aryl methyl sites for hydroxylation is 2. The second-order valence-corrected chi connectivity index (χ2v) is 9.39. The summed E-state index contributed by atoms with van der Waals surface area (Å²) >= 11 is 0. The zero-order valence-electron chi connectivity index (χ0n) is 19.5. The molecule has 5 rings (SSSR count). The number of fused-ring (bicyclic) bond motifs is 1. The van der Waals surface area contributed by atoms with E-state index in [1.165, 1.54) is 22.4 Å². The Kier molecular flexibility index (Phi) is 5.78. The topological polar surface area (TPSA) is 70.5 Å². The highest BCUT2D eigenvalue weighted by Gasteiger charge is 2.47. The van der Waals surface area contributed by atoms with Crippen LogP contribution < -0.4 is 4.90 Å². The number of carbonyl (C=O) groups excluding carboxylic acids is 2. The van der Waals surface area contributed by atoms with Crippen LogP contribution in [0.2, 0.25) is 0 Å². The summed E-state index contributed by atoms with van der Waals surface area (Å²) in [6.45, 7) is 4.22. The Labute approximate surface area is 199 Å². The lowest BCUT2D eigenvalue weighted by molar-refractivity contribution is -0.132. The third kappa shape index (κ3) is 3.81. The second kappa shape index (κ2) is 8.90. The number of aliphatic hydroxyl groups excluding tert-OH is 1. The van der Waals surface area contributed by atoms with Crippen molar-refractivity contribution in [3.05, 3.63) is 100 Å². The van der Waals surface area contributed by atoms with E-state index in [1.54, 1.807) is 24.5 Å². The predicted octanol–water partition coefficient (Wildman–Crippen LogP) is 5.71. The van der Waals surface area contributed by atoms with E-state index in [0.29, 0.717) is 17.2 Å². The van der Waals surface area contributed by atoms with Gasteiger partial charge in [0.2, 0.25) is 0 Å². The number of amides is 1. The van der Waals surface area contributed by atoms with Crippen LogP contribution in [0.3, 0.4) is 0 Å². The Morgan fingerprint density at radius 1 is 0.941 bits per heavy atom. The molecule has 0 spiro atoms. The molecule has 1 aliphatic heterocycles. The maximum atomic E-state index is 13.3. The van der Waals surface area contributed by atoms with E-state index in [9.17, 15) is 14.7 Å². The lowest BCUT2D eigenvalue weighted by Gasteiger charge is -2.26. The Morgan fingerprint density at radius 3 is 2.29 bits per heavy atom. The van der Waals surface area contributed by atoms with Gasteiger partial charge in [0.25, 0.3) is 11.7 Å². The summed E-state index contributed by atoms with van der Waals surface area (Å²) in [7, 11) is 0. The molecule has 1 N–H and O–H groups in total. The molecule has 2 aromatic carbocycles. The molecular formula is C29H28N2O3. The van der Waals surface area contributed by atoms with Crippen molar-refractivity contribution in [2.24, 2.45) is 0 Å². The molecule has 1 saturated heterocycles. The first kappa shape index (κ1) is 22.1. The highest BCUT2D eigenvalue weighted by molar-refractivity contribution is 6.51. The quantitative estimate of drug-likeness (QED) is 0.313. The van der Waals surface area contributed by atoms with Crippen molar-refractivity contribution in [3.63, 3.8) is 0 Å². The number of hydrogen-bond acceptors (Lipinski definition) is 4. The number of benzene rings is 2. The van der Waals surface area contributed by atoms with Crippen LogP contribution in [0, 0.1) is 0 Å². The minimum Gasteiger partial charge on any atom is -0.507 e. The summed E-state index contributed by atoms with van der Waals surface area (Å²) in [5, 5.41) is 11.4. The number of hydrogen-bond donors (Lipinski definition) is 1. The molecule has 34 heavy (non-hydrogen) atoms. The number of rotatable bonds is 4. The van der Waals surface area contributed by atoms with E-state index in [-0.39, 0.29) is 11.3 Å². The molecule has 1 aromatic heterocycles. The molecule has 1 amide bonds. The van der Waals surface area contributed by atoms with Gasteiger partial charge < -0.3 is 5.11 Å². The third-order valence-electron chi connectivity index (χ3n) is 6.93. The van der Waals surface area contributed by atoms with Gasteiger partial charge in [-0.1, -0.05) is 38.1 Å². The van der Waals surface area contributed by atoms with Crippen molar-refractivity contribution in [2.45, 2.75) is 51.5 Å². The fourth-order valence-electron chi connectivity index (χ4n) is 5.02. The molecule has 5 heteroatoms. The zero-order valence-corrected chi connectivity index (χ0v) is 19.5. The number of aromatic nitrogens is 1. The molecular weight excluding hydrogens is 424 g/mol. The van der Waals surface area contributed by atoms with Crippen LogP contribution in [-0.2, 0) is 22.4 Å². The van der Waals surface area contributed by atoms with Crippen molar-refractivity contribution in [2.75, 3.05) is 4.90 Å². The smallest absolute Gasteiger partial charge is 0.300 e. The lowest BCUT2D eigenvalue weighted by Crippen LogP contribution is -2.29.